The molecule has 0 unspecified atom stereocenters. The molecular formula is C9H9N5O3S. The summed E-state index contributed by atoms with van der Waals surface area (Å²) >= 11 is 1.49. The molecule has 2 aromatic rings. The first kappa shape index (κ1) is 12.2. The van der Waals surface area contributed by atoms with Gasteiger partial charge >= 0.3 is 5.69 Å². The average Bonchev–Trinajstić information content (AvgIpc) is 2.88. The minimum atomic E-state index is -0.640. The molecule has 8 nitrogen and oxygen atoms in total. The van der Waals surface area contributed by atoms with Gasteiger partial charge < -0.3 is 10.2 Å². The molecule has 94 valence electrons. The zero-order chi connectivity index (χ0) is 13.0. The molecule has 0 radical (unpaired) electrons. The zero-order valence-corrected chi connectivity index (χ0v) is 9.88. The van der Waals surface area contributed by atoms with E-state index in [1.54, 1.807) is 0 Å². The van der Waals surface area contributed by atoms with Crippen molar-refractivity contribution in [2.24, 2.45) is 5.84 Å². The standard InChI is InChI=1S/C9H9N5O3S/c10-13-8-7(14(15)16)9(12-5-11-8)17-4-6-2-1-3-18-6/h1-3,5H,4,10H2,(H,11,12,13). The summed E-state index contributed by atoms with van der Waals surface area (Å²) in [5, 5.41) is 12.8. The van der Waals surface area contributed by atoms with Crippen molar-refractivity contribution in [3.8, 4) is 5.88 Å². The molecule has 2 aromatic heterocycles. The molecule has 18 heavy (non-hydrogen) atoms. The summed E-state index contributed by atoms with van der Waals surface area (Å²) in [7, 11) is 0. The van der Waals surface area contributed by atoms with Crippen molar-refractivity contribution in [1.29, 1.82) is 0 Å². The van der Waals surface area contributed by atoms with E-state index in [1.165, 1.54) is 11.3 Å². The Hall–Kier alpha value is -2.26. The van der Waals surface area contributed by atoms with Crippen LogP contribution in [0.15, 0.2) is 23.8 Å². The lowest BCUT2D eigenvalue weighted by molar-refractivity contribution is -0.385. The lowest BCUT2D eigenvalue weighted by atomic mass is 10.4. The number of hydrazine groups is 1. The predicted molar refractivity (Wildman–Crippen MR) is 65.1 cm³/mol. The molecule has 0 aliphatic rings. The first-order valence-electron chi connectivity index (χ1n) is 4.83. The van der Waals surface area contributed by atoms with E-state index in [1.807, 2.05) is 17.5 Å². The largest absolute Gasteiger partial charge is 0.467 e. The Labute approximate surface area is 106 Å². The quantitative estimate of drug-likeness (QED) is 0.476. The minimum Gasteiger partial charge on any atom is -0.467 e. The molecule has 0 fully saturated rings. The normalized spacial score (nSPS) is 10.1. The van der Waals surface area contributed by atoms with E-state index in [-0.39, 0.29) is 24.0 Å². The molecule has 9 heteroatoms. The SMILES string of the molecule is NNc1ncnc(OCc2cccs2)c1[N+](=O)[O-]. The summed E-state index contributed by atoms with van der Waals surface area (Å²) in [6.07, 6.45) is 1.14. The summed E-state index contributed by atoms with van der Waals surface area (Å²) in [5.74, 6) is 4.95. The van der Waals surface area contributed by atoms with Crippen LogP contribution in [-0.2, 0) is 6.61 Å². The first-order valence-corrected chi connectivity index (χ1v) is 5.71. The van der Waals surface area contributed by atoms with E-state index in [4.69, 9.17) is 10.6 Å². The number of ether oxygens (including phenoxy) is 1. The zero-order valence-electron chi connectivity index (χ0n) is 9.07. The summed E-state index contributed by atoms with van der Waals surface area (Å²) in [6.45, 7) is 0.208. The topological polar surface area (TPSA) is 116 Å². The van der Waals surface area contributed by atoms with E-state index < -0.39 is 4.92 Å². The Kier molecular flexibility index (Phi) is 3.65. The number of rotatable bonds is 5. The van der Waals surface area contributed by atoms with Crippen LogP contribution in [0.1, 0.15) is 4.88 Å². The molecular weight excluding hydrogens is 258 g/mol. The van der Waals surface area contributed by atoms with Gasteiger partial charge in [0.05, 0.1) is 4.92 Å². The van der Waals surface area contributed by atoms with Crippen LogP contribution in [0.4, 0.5) is 11.5 Å². The summed E-state index contributed by atoms with van der Waals surface area (Å²) in [5.41, 5.74) is 1.76. The second-order valence-electron chi connectivity index (χ2n) is 3.15. The second kappa shape index (κ2) is 5.38. The van der Waals surface area contributed by atoms with Gasteiger partial charge in [0.2, 0.25) is 5.82 Å². The number of nitrogens with zero attached hydrogens (tertiary/aromatic N) is 3. The number of hydrogen-bond donors (Lipinski definition) is 2. The van der Waals surface area contributed by atoms with Crippen LogP contribution in [0.25, 0.3) is 0 Å². The number of hydrogen-bond acceptors (Lipinski definition) is 8. The van der Waals surface area contributed by atoms with Crippen molar-refractivity contribution < 1.29 is 9.66 Å². The van der Waals surface area contributed by atoms with Crippen LogP contribution in [0.2, 0.25) is 0 Å². The Morgan fingerprint density at radius 1 is 1.56 bits per heavy atom. The van der Waals surface area contributed by atoms with E-state index in [9.17, 15) is 10.1 Å². The Morgan fingerprint density at radius 3 is 3.00 bits per heavy atom. The number of nitrogens with one attached hydrogen (secondary N) is 1. The van der Waals surface area contributed by atoms with E-state index in [0.717, 1.165) is 11.2 Å². The van der Waals surface area contributed by atoms with Gasteiger partial charge in [-0.15, -0.1) is 11.3 Å². The molecule has 0 bridgehead atoms. The molecule has 0 aliphatic heterocycles. The molecule has 0 aliphatic carbocycles. The third kappa shape index (κ3) is 2.52. The summed E-state index contributed by atoms with van der Waals surface area (Å²) in [4.78, 5) is 18.6. The number of nitrogen functional groups attached to an aromatic ring is 1. The first-order chi connectivity index (χ1) is 8.72. The van der Waals surface area contributed by atoms with Crippen LogP contribution < -0.4 is 16.0 Å². The maximum absolute atomic E-state index is 10.9. The van der Waals surface area contributed by atoms with Gasteiger partial charge in [-0.1, -0.05) is 6.07 Å². The molecule has 0 spiro atoms. The average molecular weight is 267 g/mol. The Morgan fingerprint density at radius 2 is 2.39 bits per heavy atom. The van der Waals surface area contributed by atoms with Gasteiger partial charge in [-0.2, -0.15) is 4.98 Å². The number of thiophene rings is 1. The highest BCUT2D eigenvalue weighted by atomic mass is 32.1. The van der Waals surface area contributed by atoms with E-state index in [2.05, 4.69) is 15.4 Å². The van der Waals surface area contributed by atoms with Gasteiger partial charge in [0.25, 0.3) is 5.88 Å². The Bertz CT molecular complexity index is 545. The van der Waals surface area contributed by atoms with Gasteiger partial charge in [-0.05, 0) is 11.4 Å². The fourth-order valence-corrected chi connectivity index (χ4v) is 1.89. The van der Waals surface area contributed by atoms with Crippen molar-refractivity contribution >= 4 is 22.8 Å². The molecule has 0 aromatic carbocycles. The van der Waals surface area contributed by atoms with Gasteiger partial charge in [-0.25, -0.2) is 10.8 Å². The number of aromatic nitrogens is 2. The van der Waals surface area contributed by atoms with Crippen molar-refractivity contribution in [1.82, 2.24) is 9.97 Å². The molecule has 0 amide bonds. The molecule has 3 N–H and O–H groups in total. The minimum absolute atomic E-state index is 0.0869. The predicted octanol–water partition coefficient (Wildman–Crippen LogP) is 1.31. The van der Waals surface area contributed by atoms with Crippen molar-refractivity contribution in [3.63, 3.8) is 0 Å². The fourth-order valence-electron chi connectivity index (χ4n) is 1.27. The molecule has 0 saturated carbocycles. The van der Waals surface area contributed by atoms with Crippen LogP contribution in [0.5, 0.6) is 5.88 Å². The van der Waals surface area contributed by atoms with Crippen LogP contribution >= 0.6 is 11.3 Å². The van der Waals surface area contributed by atoms with Crippen LogP contribution in [0.3, 0.4) is 0 Å². The molecule has 0 atom stereocenters. The number of nitro groups is 1. The molecule has 2 heterocycles. The van der Waals surface area contributed by atoms with Gasteiger partial charge in [0, 0.05) is 4.88 Å². The van der Waals surface area contributed by atoms with Crippen LogP contribution in [0, 0.1) is 10.1 Å². The lowest BCUT2D eigenvalue weighted by Crippen LogP contribution is -2.12. The number of anilines is 1. The van der Waals surface area contributed by atoms with E-state index >= 15 is 0 Å². The Balaban J connectivity index is 2.24. The third-order valence-electron chi connectivity index (χ3n) is 2.04. The lowest BCUT2D eigenvalue weighted by Gasteiger charge is -2.06. The summed E-state index contributed by atoms with van der Waals surface area (Å²) < 4.78 is 5.31. The monoisotopic (exact) mass is 267 g/mol. The highest BCUT2D eigenvalue weighted by Gasteiger charge is 2.23. The fraction of sp³-hybridized carbons (Fsp3) is 0.111. The van der Waals surface area contributed by atoms with Gasteiger partial charge in [0.15, 0.2) is 0 Å². The summed E-state index contributed by atoms with van der Waals surface area (Å²) in [6, 6.07) is 3.73. The highest BCUT2D eigenvalue weighted by Crippen LogP contribution is 2.30. The molecule has 0 saturated heterocycles. The van der Waals surface area contributed by atoms with E-state index in [0.29, 0.717) is 0 Å². The van der Waals surface area contributed by atoms with Crippen molar-refractivity contribution in [2.45, 2.75) is 6.61 Å². The second-order valence-corrected chi connectivity index (χ2v) is 4.18. The maximum atomic E-state index is 10.9. The van der Waals surface area contributed by atoms with Crippen LogP contribution in [-0.4, -0.2) is 14.9 Å². The smallest absolute Gasteiger partial charge is 0.374 e. The van der Waals surface area contributed by atoms with Gasteiger partial charge in [0.1, 0.15) is 12.9 Å². The third-order valence-corrected chi connectivity index (χ3v) is 2.89. The molecule has 2 rings (SSSR count). The van der Waals surface area contributed by atoms with Gasteiger partial charge in [-0.3, -0.25) is 10.1 Å². The maximum Gasteiger partial charge on any atom is 0.374 e. The number of nitrogens with two attached hydrogens (primary N) is 1. The van der Waals surface area contributed by atoms with Crippen molar-refractivity contribution in [2.75, 3.05) is 5.43 Å². The van der Waals surface area contributed by atoms with Crippen molar-refractivity contribution in [3.05, 3.63) is 38.8 Å². The highest BCUT2D eigenvalue weighted by molar-refractivity contribution is 7.09.